The normalized spacial score (nSPS) is 25.3. The second-order valence-electron chi connectivity index (χ2n) is 2.64. The lowest BCUT2D eigenvalue weighted by Gasteiger charge is -2.21. The van der Waals surface area contributed by atoms with Gasteiger partial charge in [0.25, 0.3) is 0 Å². The zero-order chi connectivity index (χ0) is 7.52. The minimum absolute atomic E-state index is 0.420. The minimum atomic E-state index is 0.420. The maximum Gasteiger partial charge on any atom is 0.0713 e. The maximum atomic E-state index is 4.52. The Hall–Kier alpha value is -0.380. The molecule has 1 atom stereocenters. The van der Waals surface area contributed by atoms with Crippen LogP contribution >= 0.6 is 11.3 Å². The van der Waals surface area contributed by atoms with Crippen LogP contribution in [0.2, 0.25) is 0 Å². The molecule has 2 heterocycles. The van der Waals surface area contributed by atoms with Crippen LogP contribution in [0.4, 0.5) is 0 Å². The van der Waals surface area contributed by atoms with Crippen molar-refractivity contribution in [3.8, 4) is 0 Å². The fourth-order valence-electron chi connectivity index (χ4n) is 1.27. The summed E-state index contributed by atoms with van der Waals surface area (Å²) in [6.07, 6.45) is 0. The van der Waals surface area contributed by atoms with Crippen molar-refractivity contribution in [2.24, 2.45) is 0 Å². The first-order valence-corrected chi connectivity index (χ1v) is 4.75. The van der Waals surface area contributed by atoms with Crippen molar-refractivity contribution in [3.63, 3.8) is 0 Å². The molecule has 0 bridgehead atoms. The molecule has 1 aliphatic heterocycles. The van der Waals surface area contributed by atoms with E-state index >= 15 is 0 Å². The fraction of sp³-hybridized carbons (Fsp3) is 0.500. The van der Waals surface area contributed by atoms with Crippen LogP contribution in [0.1, 0.15) is 10.9 Å². The van der Waals surface area contributed by atoms with Gasteiger partial charge in [-0.2, -0.15) is 0 Å². The van der Waals surface area contributed by atoms with Crippen molar-refractivity contribution in [2.75, 3.05) is 19.6 Å². The minimum Gasteiger partial charge on any atom is -0.313 e. The first kappa shape index (κ1) is 7.28. The van der Waals surface area contributed by atoms with Crippen molar-refractivity contribution in [3.05, 3.63) is 22.4 Å². The topological polar surface area (TPSA) is 26.1 Å². The van der Waals surface area contributed by atoms with Gasteiger partial charge in [0.15, 0.2) is 0 Å². The molecule has 0 saturated carbocycles. The highest BCUT2D eigenvalue weighted by Crippen LogP contribution is 2.19. The van der Waals surface area contributed by atoms with Gasteiger partial charge in [-0.25, -0.2) is 5.32 Å². The summed E-state index contributed by atoms with van der Waals surface area (Å²) in [7, 11) is 0. The zero-order valence-electron chi connectivity index (χ0n) is 6.29. The fourth-order valence-corrected chi connectivity index (χ4v) is 2.06. The Labute approximate surface area is 70.6 Å². The summed E-state index contributed by atoms with van der Waals surface area (Å²) < 4.78 is 0. The molecule has 1 fully saturated rings. The van der Waals surface area contributed by atoms with Crippen molar-refractivity contribution >= 4 is 11.3 Å². The molecular formula is C8H11N2S. The SMILES string of the molecule is c1csc(C2CNCC[N]2)c1. The Kier molecular flexibility index (Phi) is 2.21. The highest BCUT2D eigenvalue weighted by atomic mass is 32.1. The molecule has 0 amide bonds. The summed E-state index contributed by atoms with van der Waals surface area (Å²) in [4.78, 5) is 1.39. The van der Waals surface area contributed by atoms with Crippen LogP contribution in [0.5, 0.6) is 0 Å². The molecule has 1 aromatic rings. The number of hydrogen-bond acceptors (Lipinski definition) is 2. The monoisotopic (exact) mass is 167 g/mol. The molecule has 2 nitrogen and oxygen atoms in total. The number of nitrogens with zero attached hydrogens (tertiary/aromatic N) is 1. The number of thiophene rings is 1. The van der Waals surface area contributed by atoms with Gasteiger partial charge in [-0.15, -0.1) is 11.3 Å². The van der Waals surface area contributed by atoms with E-state index in [4.69, 9.17) is 0 Å². The van der Waals surface area contributed by atoms with Gasteiger partial charge in [-0.3, -0.25) is 0 Å². The number of nitrogens with one attached hydrogen (secondary N) is 1. The third kappa shape index (κ3) is 1.61. The number of rotatable bonds is 1. The summed E-state index contributed by atoms with van der Waals surface area (Å²) in [6.45, 7) is 3.02. The number of hydrogen-bond donors (Lipinski definition) is 1. The smallest absolute Gasteiger partial charge is 0.0713 e. The van der Waals surface area contributed by atoms with Crippen LogP contribution in [-0.4, -0.2) is 19.6 Å². The van der Waals surface area contributed by atoms with Crippen LogP contribution in [0.15, 0.2) is 17.5 Å². The lowest BCUT2D eigenvalue weighted by molar-refractivity contribution is 0.426. The lowest BCUT2D eigenvalue weighted by atomic mass is 10.2. The first-order valence-electron chi connectivity index (χ1n) is 3.87. The van der Waals surface area contributed by atoms with Crippen molar-refractivity contribution < 1.29 is 0 Å². The van der Waals surface area contributed by atoms with E-state index in [0.717, 1.165) is 19.6 Å². The predicted molar refractivity (Wildman–Crippen MR) is 46.9 cm³/mol. The van der Waals surface area contributed by atoms with E-state index in [9.17, 15) is 0 Å². The molecular weight excluding hydrogens is 156 g/mol. The molecule has 1 unspecified atom stereocenters. The highest BCUT2D eigenvalue weighted by Gasteiger charge is 2.15. The molecule has 59 valence electrons. The van der Waals surface area contributed by atoms with Crippen molar-refractivity contribution in [1.29, 1.82) is 0 Å². The van der Waals surface area contributed by atoms with E-state index in [1.165, 1.54) is 4.88 Å². The van der Waals surface area contributed by atoms with E-state index in [1.807, 2.05) is 0 Å². The van der Waals surface area contributed by atoms with Crippen LogP contribution in [0, 0.1) is 0 Å². The van der Waals surface area contributed by atoms with Gasteiger partial charge in [-0.1, -0.05) is 6.07 Å². The molecule has 2 rings (SSSR count). The average Bonchev–Trinajstić information content (AvgIpc) is 2.58. The van der Waals surface area contributed by atoms with Gasteiger partial charge in [0.05, 0.1) is 6.04 Å². The summed E-state index contributed by atoms with van der Waals surface area (Å²) in [5.74, 6) is 0. The maximum absolute atomic E-state index is 4.52. The number of piperazine rings is 1. The lowest BCUT2D eigenvalue weighted by Crippen LogP contribution is -2.38. The Bertz CT molecular complexity index is 202. The van der Waals surface area contributed by atoms with Gasteiger partial charge in [-0.05, 0) is 11.4 Å². The van der Waals surface area contributed by atoms with Crippen LogP contribution in [-0.2, 0) is 0 Å². The van der Waals surface area contributed by atoms with E-state index < -0.39 is 0 Å². The molecule has 11 heavy (non-hydrogen) atoms. The second-order valence-corrected chi connectivity index (χ2v) is 3.62. The standard InChI is InChI=1S/C8H11N2S/c1-2-8(11-5-1)7-6-9-3-4-10-7/h1-2,5,7,9H,3-4,6H2. The second kappa shape index (κ2) is 3.34. The van der Waals surface area contributed by atoms with E-state index in [1.54, 1.807) is 11.3 Å². The third-order valence-corrected chi connectivity index (χ3v) is 2.82. The van der Waals surface area contributed by atoms with E-state index in [2.05, 4.69) is 28.1 Å². The highest BCUT2D eigenvalue weighted by molar-refractivity contribution is 7.10. The van der Waals surface area contributed by atoms with Gasteiger partial charge >= 0.3 is 0 Å². The Morgan fingerprint density at radius 3 is 3.27 bits per heavy atom. The average molecular weight is 167 g/mol. The molecule has 1 saturated heterocycles. The molecule has 0 spiro atoms. The molecule has 3 heteroatoms. The third-order valence-electron chi connectivity index (χ3n) is 1.85. The molecule has 0 aromatic carbocycles. The van der Waals surface area contributed by atoms with Gasteiger partial charge in [0.1, 0.15) is 0 Å². The van der Waals surface area contributed by atoms with Crippen molar-refractivity contribution in [2.45, 2.75) is 6.04 Å². The van der Waals surface area contributed by atoms with Crippen molar-refractivity contribution in [1.82, 2.24) is 10.6 Å². The molecule has 1 radical (unpaired) electrons. The summed E-state index contributed by atoms with van der Waals surface area (Å²) >= 11 is 1.80. The van der Waals surface area contributed by atoms with Crippen LogP contribution in [0.25, 0.3) is 0 Å². The first-order chi connectivity index (χ1) is 5.47. The predicted octanol–water partition coefficient (Wildman–Crippen LogP) is 0.997. The molecule has 1 aromatic heterocycles. The summed E-state index contributed by atoms with van der Waals surface area (Å²) in [6, 6.07) is 4.67. The molecule has 1 N–H and O–H groups in total. The Balaban J connectivity index is 2.04. The van der Waals surface area contributed by atoms with Crippen LogP contribution < -0.4 is 10.6 Å². The zero-order valence-corrected chi connectivity index (χ0v) is 7.10. The molecule has 1 aliphatic rings. The quantitative estimate of drug-likeness (QED) is 0.663. The Morgan fingerprint density at radius 1 is 1.64 bits per heavy atom. The van der Waals surface area contributed by atoms with Gasteiger partial charge in [0.2, 0.25) is 0 Å². The van der Waals surface area contributed by atoms with E-state index in [-0.39, 0.29) is 0 Å². The summed E-state index contributed by atoms with van der Waals surface area (Å²) in [5, 5.41) is 9.97. The van der Waals surface area contributed by atoms with Crippen LogP contribution in [0.3, 0.4) is 0 Å². The van der Waals surface area contributed by atoms with Gasteiger partial charge in [0, 0.05) is 24.5 Å². The van der Waals surface area contributed by atoms with E-state index in [0.29, 0.717) is 6.04 Å². The summed E-state index contributed by atoms with van der Waals surface area (Å²) in [5.41, 5.74) is 0. The van der Waals surface area contributed by atoms with Gasteiger partial charge < -0.3 is 5.32 Å². The Morgan fingerprint density at radius 2 is 2.64 bits per heavy atom. The largest absolute Gasteiger partial charge is 0.313 e. The molecule has 0 aliphatic carbocycles.